The van der Waals surface area contributed by atoms with E-state index in [0.717, 1.165) is 18.2 Å². The first-order chi connectivity index (χ1) is 9.81. The molecule has 2 atom stereocenters. The summed E-state index contributed by atoms with van der Waals surface area (Å²) in [7, 11) is 0. The number of rotatable bonds is 5. The monoisotopic (exact) mass is 309 g/mol. The van der Waals surface area contributed by atoms with E-state index in [1.807, 2.05) is 11.8 Å². The van der Waals surface area contributed by atoms with E-state index in [9.17, 15) is 0 Å². The van der Waals surface area contributed by atoms with Crippen molar-refractivity contribution in [2.45, 2.75) is 49.5 Å². The van der Waals surface area contributed by atoms with E-state index in [4.69, 9.17) is 9.97 Å². The van der Waals surface area contributed by atoms with Crippen molar-refractivity contribution in [3.63, 3.8) is 0 Å². The molecule has 2 fully saturated rings. The van der Waals surface area contributed by atoms with Gasteiger partial charge in [-0.15, -0.1) is 11.8 Å². The predicted molar refractivity (Wildman–Crippen MR) is 89.9 cm³/mol. The summed E-state index contributed by atoms with van der Waals surface area (Å²) in [5.74, 6) is 5.26. The zero-order valence-electron chi connectivity index (χ0n) is 12.3. The normalized spacial score (nSPS) is 26.5. The fraction of sp³-hybridized carbons (Fsp3) is 0.733. The minimum Gasteiger partial charge on any atom is -0.370 e. The van der Waals surface area contributed by atoms with Crippen LogP contribution < -0.4 is 5.32 Å². The zero-order valence-corrected chi connectivity index (χ0v) is 13.9. The number of aromatic nitrogens is 2. The Bertz CT molecular complexity index is 462. The number of nitrogens with one attached hydrogen (secondary N) is 1. The Balaban J connectivity index is 1.89. The van der Waals surface area contributed by atoms with Gasteiger partial charge >= 0.3 is 0 Å². The molecule has 2 unspecified atom stereocenters. The number of hydrogen-bond acceptors (Lipinski definition) is 5. The lowest BCUT2D eigenvalue weighted by atomic mass is 10.2. The van der Waals surface area contributed by atoms with Gasteiger partial charge in [0.15, 0.2) is 0 Å². The minimum atomic E-state index is 0.467. The van der Waals surface area contributed by atoms with Crippen molar-refractivity contribution in [3.8, 4) is 0 Å². The van der Waals surface area contributed by atoms with E-state index in [-0.39, 0.29) is 0 Å². The molecule has 2 heterocycles. The van der Waals surface area contributed by atoms with Crippen molar-refractivity contribution in [2.24, 2.45) is 0 Å². The highest BCUT2D eigenvalue weighted by atomic mass is 32.2. The third kappa shape index (κ3) is 3.25. The quantitative estimate of drug-likeness (QED) is 0.887. The summed E-state index contributed by atoms with van der Waals surface area (Å²) in [5.41, 5.74) is 1.26. The molecule has 110 valence electrons. The summed E-state index contributed by atoms with van der Waals surface area (Å²) >= 11 is 4.14. The third-order valence-electron chi connectivity index (χ3n) is 3.82. The molecule has 1 aliphatic heterocycles. The summed E-state index contributed by atoms with van der Waals surface area (Å²) in [6.07, 6.45) is 3.80. The molecule has 3 nitrogen and oxygen atoms in total. The van der Waals surface area contributed by atoms with Gasteiger partial charge in [-0.25, -0.2) is 9.97 Å². The lowest BCUT2D eigenvalue weighted by Gasteiger charge is -2.29. The second-order valence-electron chi connectivity index (χ2n) is 5.45. The number of hydrogen-bond donors (Lipinski definition) is 1. The van der Waals surface area contributed by atoms with Gasteiger partial charge in [0.25, 0.3) is 0 Å². The molecular formula is C15H23N3S2. The summed E-state index contributed by atoms with van der Waals surface area (Å²) in [6, 6.07) is 2.16. The summed E-state index contributed by atoms with van der Waals surface area (Å²) < 4.78 is 0. The van der Waals surface area contributed by atoms with Crippen LogP contribution in [0, 0.1) is 0 Å². The number of thioether (sulfide) groups is 2. The van der Waals surface area contributed by atoms with Crippen LogP contribution in [0.5, 0.6) is 0 Å². The maximum absolute atomic E-state index is 4.91. The van der Waals surface area contributed by atoms with Crippen molar-refractivity contribution in [2.75, 3.05) is 23.4 Å². The third-order valence-corrected chi connectivity index (χ3v) is 7.07. The van der Waals surface area contributed by atoms with Crippen LogP contribution in [0.15, 0.2) is 6.07 Å². The summed E-state index contributed by atoms with van der Waals surface area (Å²) in [6.45, 7) is 5.33. The van der Waals surface area contributed by atoms with Crippen LogP contribution >= 0.6 is 23.5 Å². The molecule has 1 aliphatic carbocycles. The van der Waals surface area contributed by atoms with E-state index in [0.29, 0.717) is 16.4 Å². The van der Waals surface area contributed by atoms with E-state index in [2.05, 4.69) is 37.0 Å². The van der Waals surface area contributed by atoms with E-state index in [1.54, 1.807) is 0 Å². The van der Waals surface area contributed by atoms with Crippen molar-refractivity contribution >= 4 is 29.3 Å². The minimum absolute atomic E-state index is 0.467. The standard InChI is InChI=1S/C15H23N3S2/c1-3-12-14(20-8-7-19-12)15-17-11(10-5-6-10)9-13(18-15)16-4-2/h9-10,12,14H,3-8H2,1-2H3,(H,16,17,18). The smallest absolute Gasteiger partial charge is 0.145 e. The van der Waals surface area contributed by atoms with Crippen LogP contribution in [0.4, 0.5) is 5.82 Å². The molecule has 0 bridgehead atoms. The molecule has 1 saturated carbocycles. The molecule has 1 N–H and O–H groups in total. The summed E-state index contributed by atoms with van der Waals surface area (Å²) in [4.78, 5) is 9.71. The molecular weight excluding hydrogens is 286 g/mol. The van der Waals surface area contributed by atoms with Gasteiger partial charge < -0.3 is 5.32 Å². The van der Waals surface area contributed by atoms with Crippen molar-refractivity contribution < 1.29 is 0 Å². The molecule has 5 heteroatoms. The van der Waals surface area contributed by atoms with Crippen molar-refractivity contribution in [1.29, 1.82) is 0 Å². The van der Waals surface area contributed by atoms with Crippen LogP contribution in [0.3, 0.4) is 0 Å². The van der Waals surface area contributed by atoms with Gasteiger partial charge in [0.05, 0.1) is 5.25 Å². The first-order valence-corrected chi connectivity index (χ1v) is 9.77. The van der Waals surface area contributed by atoms with Gasteiger partial charge in [-0.1, -0.05) is 6.92 Å². The van der Waals surface area contributed by atoms with Gasteiger partial charge in [0.1, 0.15) is 11.6 Å². The van der Waals surface area contributed by atoms with Gasteiger partial charge in [-0.3, -0.25) is 0 Å². The highest BCUT2D eigenvalue weighted by Crippen LogP contribution is 2.45. The van der Waals surface area contributed by atoms with E-state index < -0.39 is 0 Å². The highest BCUT2D eigenvalue weighted by molar-refractivity contribution is 8.06. The van der Waals surface area contributed by atoms with Crippen LogP contribution in [-0.4, -0.2) is 33.3 Å². The fourth-order valence-electron chi connectivity index (χ4n) is 2.61. The Morgan fingerprint density at radius 1 is 1.20 bits per heavy atom. The fourth-order valence-corrected chi connectivity index (χ4v) is 5.61. The first kappa shape index (κ1) is 14.5. The number of nitrogens with zero attached hydrogens (tertiary/aromatic N) is 2. The van der Waals surface area contributed by atoms with E-state index >= 15 is 0 Å². The Morgan fingerprint density at radius 3 is 2.70 bits per heavy atom. The van der Waals surface area contributed by atoms with Gasteiger partial charge in [0, 0.05) is 41.0 Å². The Morgan fingerprint density at radius 2 is 2.00 bits per heavy atom. The number of anilines is 1. The van der Waals surface area contributed by atoms with Gasteiger partial charge in [0.2, 0.25) is 0 Å². The van der Waals surface area contributed by atoms with Gasteiger partial charge in [-0.05, 0) is 26.2 Å². The average molecular weight is 310 g/mol. The second-order valence-corrected chi connectivity index (χ2v) is 8.05. The molecule has 0 radical (unpaired) electrons. The molecule has 1 saturated heterocycles. The molecule has 0 spiro atoms. The van der Waals surface area contributed by atoms with Crippen molar-refractivity contribution in [3.05, 3.63) is 17.6 Å². The molecule has 3 rings (SSSR count). The lowest BCUT2D eigenvalue weighted by molar-refractivity contribution is 0.740. The van der Waals surface area contributed by atoms with Crippen molar-refractivity contribution in [1.82, 2.24) is 9.97 Å². The predicted octanol–water partition coefficient (Wildman–Crippen LogP) is 4.09. The highest BCUT2D eigenvalue weighted by Gasteiger charge is 2.31. The zero-order chi connectivity index (χ0) is 13.9. The summed E-state index contributed by atoms with van der Waals surface area (Å²) in [5, 5.41) is 4.51. The lowest BCUT2D eigenvalue weighted by Crippen LogP contribution is -2.21. The SMILES string of the molecule is CCNc1cc(C2CC2)nc(C2SCCSC2CC)n1. The molecule has 2 aliphatic rings. The molecule has 1 aromatic heterocycles. The maximum atomic E-state index is 4.91. The largest absolute Gasteiger partial charge is 0.370 e. The molecule has 0 aromatic carbocycles. The topological polar surface area (TPSA) is 37.8 Å². The first-order valence-electron chi connectivity index (χ1n) is 7.67. The molecule has 1 aromatic rings. The van der Waals surface area contributed by atoms with Crippen LogP contribution in [0.25, 0.3) is 0 Å². The second kappa shape index (κ2) is 6.56. The molecule has 0 amide bonds. The Hall–Kier alpha value is -0.420. The van der Waals surface area contributed by atoms with E-state index in [1.165, 1.54) is 36.5 Å². The van der Waals surface area contributed by atoms with Gasteiger partial charge in [-0.2, -0.15) is 11.8 Å². The van der Waals surface area contributed by atoms with Crippen LogP contribution in [-0.2, 0) is 0 Å². The van der Waals surface area contributed by atoms with Crippen LogP contribution in [0.2, 0.25) is 0 Å². The average Bonchev–Trinajstić information content (AvgIpc) is 3.32. The van der Waals surface area contributed by atoms with Crippen LogP contribution in [0.1, 0.15) is 55.8 Å². The molecule has 20 heavy (non-hydrogen) atoms. The Labute approximate surface area is 130 Å². The Kier molecular flexibility index (Phi) is 4.76. The maximum Gasteiger partial charge on any atom is 0.145 e.